The molecular formula is C15H9Br2ClN4O. The number of fused-ring (bicyclic) bond motifs is 1. The molecule has 23 heavy (non-hydrogen) atoms. The first-order valence-corrected chi connectivity index (χ1v) is 8.40. The highest BCUT2D eigenvalue weighted by molar-refractivity contribution is 9.11. The van der Waals surface area contributed by atoms with Gasteiger partial charge in [-0.1, -0.05) is 35.9 Å². The van der Waals surface area contributed by atoms with Crippen LogP contribution in [0.4, 0.5) is 5.82 Å². The van der Waals surface area contributed by atoms with E-state index in [1.165, 1.54) is 0 Å². The number of hydrazone groups is 1. The average molecular weight is 457 g/mol. The van der Waals surface area contributed by atoms with Crippen molar-refractivity contribution in [3.8, 4) is 5.75 Å². The van der Waals surface area contributed by atoms with Crippen LogP contribution in [0.3, 0.4) is 0 Å². The van der Waals surface area contributed by atoms with Gasteiger partial charge in [-0.15, -0.1) is 10.2 Å². The Hall–Kier alpha value is -1.70. The monoisotopic (exact) mass is 454 g/mol. The predicted molar refractivity (Wildman–Crippen MR) is 99.3 cm³/mol. The summed E-state index contributed by atoms with van der Waals surface area (Å²) in [4.78, 5) is 0. The number of hydrogen-bond donors (Lipinski definition) is 2. The Bertz CT molecular complexity index is 894. The van der Waals surface area contributed by atoms with Gasteiger partial charge in [0, 0.05) is 10.8 Å². The number of phenols is 1. The lowest BCUT2D eigenvalue weighted by molar-refractivity contribution is 0.468. The number of benzene rings is 2. The molecule has 116 valence electrons. The van der Waals surface area contributed by atoms with Gasteiger partial charge in [0.2, 0.25) is 0 Å². The molecule has 3 rings (SSSR count). The maximum Gasteiger partial charge on any atom is 0.176 e. The summed E-state index contributed by atoms with van der Waals surface area (Å²) in [7, 11) is 0. The van der Waals surface area contributed by atoms with Crippen molar-refractivity contribution in [3.63, 3.8) is 0 Å². The molecule has 8 heteroatoms. The first-order valence-electron chi connectivity index (χ1n) is 6.44. The molecule has 0 atom stereocenters. The fourth-order valence-electron chi connectivity index (χ4n) is 1.98. The van der Waals surface area contributed by atoms with Crippen LogP contribution in [0.25, 0.3) is 10.8 Å². The average Bonchev–Trinajstić information content (AvgIpc) is 2.55. The van der Waals surface area contributed by atoms with E-state index in [0.29, 0.717) is 19.9 Å². The molecule has 0 bridgehead atoms. The number of nitrogens with zero attached hydrogens (tertiary/aromatic N) is 3. The van der Waals surface area contributed by atoms with Gasteiger partial charge >= 0.3 is 0 Å². The van der Waals surface area contributed by atoms with Crippen molar-refractivity contribution in [2.24, 2.45) is 5.10 Å². The van der Waals surface area contributed by atoms with E-state index in [9.17, 15) is 5.11 Å². The van der Waals surface area contributed by atoms with Gasteiger partial charge in [0.15, 0.2) is 11.0 Å². The summed E-state index contributed by atoms with van der Waals surface area (Å²) in [5.74, 6) is 0.655. The predicted octanol–water partition coefficient (Wildman–Crippen LogP) is 4.96. The van der Waals surface area contributed by atoms with Crippen LogP contribution in [-0.2, 0) is 0 Å². The third-order valence-electron chi connectivity index (χ3n) is 3.07. The zero-order chi connectivity index (χ0) is 16.4. The van der Waals surface area contributed by atoms with E-state index in [0.717, 1.165) is 16.3 Å². The minimum absolute atomic E-state index is 0.143. The van der Waals surface area contributed by atoms with Crippen LogP contribution in [0.1, 0.15) is 5.56 Å². The molecule has 1 heterocycles. The molecule has 0 aliphatic heterocycles. The Kier molecular flexibility index (Phi) is 4.79. The van der Waals surface area contributed by atoms with Crippen LogP contribution in [0.15, 0.2) is 50.4 Å². The number of anilines is 1. The molecule has 2 aromatic carbocycles. The lowest BCUT2D eigenvalue weighted by Crippen LogP contribution is -1.97. The van der Waals surface area contributed by atoms with E-state index in [-0.39, 0.29) is 5.75 Å². The van der Waals surface area contributed by atoms with Gasteiger partial charge in [-0.25, -0.2) is 0 Å². The number of aromatic nitrogens is 2. The largest absolute Gasteiger partial charge is 0.506 e. The molecule has 0 aliphatic carbocycles. The van der Waals surface area contributed by atoms with Crippen molar-refractivity contribution >= 4 is 66.3 Å². The first kappa shape index (κ1) is 16.2. The SMILES string of the molecule is Oc1c(Br)cc(/C=N/Nc2nnc(Cl)c3ccccc23)cc1Br. The minimum Gasteiger partial charge on any atom is -0.506 e. The lowest BCUT2D eigenvalue weighted by atomic mass is 10.2. The Balaban J connectivity index is 1.88. The molecule has 0 unspecified atom stereocenters. The summed E-state index contributed by atoms with van der Waals surface area (Å²) in [5.41, 5.74) is 3.65. The minimum atomic E-state index is 0.143. The topological polar surface area (TPSA) is 70.4 Å². The molecule has 0 saturated carbocycles. The Labute approximate surface area is 153 Å². The van der Waals surface area contributed by atoms with Gasteiger partial charge in [0.1, 0.15) is 5.75 Å². The summed E-state index contributed by atoms with van der Waals surface area (Å²) in [6.07, 6.45) is 1.61. The molecule has 0 amide bonds. The number of hydrogen-bond acceptors (Lipinski definition) is 5. The summed E-state index contributed by atoms with van der Waals surface area (Å²) in [6.45, 7) is 0. The van der Waals surface area contributed by atoms with Crippen molar-refractivity contribution in [2.75, 3.05) is 5.43 Å². The Morgan fingerprint density at radius 3 is 2.43 bits per heavy atom. The van der Waals surface area contributed by atoms with Gasteiger partial charge in [-0.2, -0.15) is 5.10 Å². The second-order valence-electron chi connectivity index (χ2n) is 4.59. The molecule has 3 aromatic rings. The number of rotatable bonds is 3. The molecule has 0 radical (unpaired) electrons. The Morgan fingerprint density at radius 2 is 1.74 bits per heavy atom. The fourth-order valence-corrected chi connectivity index (χ4v) is 3.41. The highest BCUT2D eigenvalue weighted by atomic mass is 79.9. The third kappa shape index (κ3) is 3.46. The molecule has 2 N–H and O–H groups in total. The van der Waals surface area contributed by atoms with Crippen LogP contribution in [-0.4, -0.2) is 21.5 Å². The van der Waals surface area contributed by atoms with Crippen LogP contribution in [0.5, 0.6) is 5.75 Å². The Morgan fingerprint density at radius 1 is 1.09 bits per heavy atom. The summed E-state index contributed by atoms with van der Waals surface area (Å²) < 4.78 is 1.15. The van der Waals surface area contributed by atoms with Gasteiger partial charge in [0.25, 0.3) is 0 Å². The lowest BCUT2D eigenvalue weighted by Gasteiger charge is -2.05. The van der Waals surface area contributed by atoms with E-state index >= 15 is 0 Å². The van der Waals surface area contributed by atoms with Crippen molar-refractivity contribution in [2.45, 2.75) is 0 Å². The zero-order valence-corrected chi connectivity index (χ0v) is 15.4. The van der Waals surface area contributed by atoms with Crippen molar-refractivity contribution in [1.29, 1.82) is 0 Å². The fraction of sp³-hybridized carbons (Fsp3) is 0. The molecule has 0 aliphatic rings. The maximum atomic E-state index is 9.69. The van der Waals surface area contributed by atoms with Crippen LogP contribution < -0.4 is 5.43 Å². The van der Waals surface area contributed by atoms with Crippen LogP contribution in [0.2, 0.25) is 5.15 Å². The quantitative estimate of drug-likeness (QED) is 0.432. The van der Waals surface area contributed by atoms with Gasteiger partial charge in [0.05, 0.1) is 15.2 Å². The van der Waals surface area contributed by atoms with Crippen LogP contribution >= 0.6 is 43.5 Å². The van der Waals surface area contributed by atoms with E-state index in [4.69, 9.17) is 11.6 Å². The molecule has 1 aromatic heterocycles. The van der Waals surface area contributed by atoms with E-state index in [2.05, 4.69) is 52.6 Å². The highest BCUT2D eigenvalue weighted by Gasteiger charge is 2.07. The van der Waals surface area contributed by atoms with Crippen molar-refractivity contribution in [3.05, 3.63) is 56.1 Å². The number of nitrogens with one attached hydrogen (secondary N) is 1. The number of aromatic hydroxyl groups is 1. The molecule has 0 fully saturated rings. The first-order chi connectivity index (χ1) is 11.1. The molecular weight excluding hydrogens is 447 g/mol. The highest BCUT2D eigenvalue weighted by Crippen LogP contribution is 2.33. The third-order valence-corrected chi connectivity index (χ3v) is 4.55. The number of halogens is 3. The van der Waals surface area contributed by atoms with Gasteiger partial charge < -0.3 is 5.11 Å². The van der Waals surface area contributed by atoms with Crippen LogP contribution in [0, 0.1) is 0 Å². The number of phenolic OH excluding ortho intramolecular Hbond substituents is 1. The summed E-state index contributed by atoms with van der Waals surface area (Å²) >= 11 is 12.6. The second kappa shape index (κ2) is 6.82. The molecule has 5 nitrogen and oxygen atoms in total. The van der Waals surface area contributed by atoms with Crippen molar-refractivity contribution < 1.29 is 5.11 Å². The molecule has 0 saturated heterocycles. The maximum absolute atomic E-state index is 9.69. The van der Waals surface area contributed by atoms with Crippen molar-refractivity contribution in [1.82, 2.24) is 10.2 Å². The van der Waals surface area contributed by atoms with E-state index in [1.54, 1.807) is 18.3 Å². The second-order valence-corrected chi connectivity index (χ2v) is 6.65. The van der Waals surface area contributed by atoms with E-state index < -0.39 is 0 Å². The zero-order valence-electron chi connectivity index (χ0n) is 11.5. The van der Waals surface area contributed by atoms with E-state index in [1.807, 2.05) is 24.3 Å². The summed E-state index contributed by atoms with van der Waals surface area (Å²) in [6, 6.07) is 11.0. The summed E-state index contributed by atoms with van der Waals surface area (Å²) in [5, 5.41) is 23.8. The standard InChI is InChI=1S/C15H9Br2ClN4O/c16-11-5-8(6-12(17)13(11)23)7-19-21-15-10-4-2-1-3-9(10)14(18)20-22-15/h1-7,23H,(H,21,22)/b19-7+. The molecule has 0 spiro atoms. The van der Waals surface area contributed by atoms with Gasteiger partial charge in [-0.05, 0) is 49.6 Å². The normalized spacial score (nSPS) is 11.3. The van der Waals surface area contributed by atoms with Gasteiger partial charge in [-0.3, -0.25) is 5.43 Å². The smallest absolute Gasteiger partial charge is 0.176 e.